The lowest BCUT2D eigenvalue weighted by atomic mass is 10.0. The van der Waals surface area contributed by atoms with Crippen LogP contribution in [0.3, 0.4) is 0 Å². The summed E-state index contributed by atoms with van der Waals surface area (Å²) in [5.41, 5.74) is 2.96. The summed E-state index contributed by atoms with van der Waals surface area (Å²) in [6.45, 7) is 3.15. The van der Waals surface area contributed by atoms with Gasteiger partial charge in [-0.05, 0) is 31.0 Å². The van der Waals surface area contributed by atoms with Gasteiger partial charge in [0.15, 0.2) is 5.82 Å². The van der Waals surface area contributed by atoms with E-state index in [-0.39, 0.29) is 5.91 Å². The monoisotopic (exact) mass is 364 g/mol. The van der Waals surface area contributed by atoms with Gasteiger partial charge >= 0.3 is 0 Å². The van der Waals surface area contributed by atoms with Crippen LogP contribution in [0.4, 0.5) is 0 Å². The van der Waals surface area contributed by atoms with Crippen molar-refractivity contribution in [3.63, 3.8) is 0 Å². The molecule has 0 unspecified atom stereocenters. The molecule has 1 aromatic carbocycles. The van der Waals surface area contributed by atoms with Gasteiger partial charge < -0.3 is 14.6 Å². The van der Waals surface area contributed by atoms with Crippen molar-refractivity contribution < 1.29 is 9.53 Å². The van der Waals surface area contributed by atoms with Crippen molar-refractivity contribution in [1.29, 1.82) is 0 Å². The van der Waals surface area contributed by atoms with Crippen molar-refractivity contribution in [2.24, 2.45) is 0 Å². The van der Waals surface area contributed by atoms with Crippen LogP contribution >= 0.6 is 0 Å². The van der Waals surface area contributed by atoms with Crippen LogP contribution in [-0.4, -0.2) is 37.7 Å². The predicted molar refractivity (Wildman–Crippen MR) is 98.3 cm³/mol. The number of aryl methyl sites for hydroxylation is 2. The lowest BCUT2D eigenvalue weighted by Gasteiger charge is -2.11. The van der Waals surface area contributed by atoms with Crippen LogP contribution in [0.15, 0.2) is 30.6 Å². The normalized spacial score (nSPS) is 12.7. The molecule has 3 aromatic rings. The SMILES string of the molecule is COc1ncnc(C)c1-c1cccc(C(=O)NCc2nnc3n2CCC3)c1. The number of rotatable bonds is 5. The Morgan fingerprint density at radius 2 is 2.19 bits per heavy atom. The molecule has 2 aromatic heterocycles. The Bertz CT molecular complexity index is 998. The number of fused-ring (bicyclic) bond motifs is 1. The van der Waals surface area contributed by atoms with E-state index in [0.717, 1.165) is 47.9 Å². The Balaban J connectivity index is 1.55. The summed E-state index contributed by atoms with van der Waals surface area (Å²) >= 11 is 0. The Hall–Kier alpha value is -3.29. The molecule has 27 heavy (non-hydrogen) atoms. The number of carbonyl (C=O) groups is 1. The molecule has 0 spiro atoms. The summed E-state index contributed by atoms with van der Waals surface area (Å²) in [6, 6.07) is 7.35. The van der Waals surface area contributed by atoms with Gasteiger partial charge in [0.25, 0.3) is 5.91 Å². The lowest BCUT2D eigenvalue weighted by Crippen LogP contribution is -2.24. The van der Waals surface area contributed by atoms with Crippen molar-refractivity contribution in [2.75, 3.05) is 7.11 Å². The lowest BCUT2D eigenvalue weighted by molar-refractivity contribution is 0.0949. The maximum Gasteiger partial charge on any atom is 0.251 e. The van der Waals surface area contributed by atoms with Crippen LogP contribution < -0.4 is 10.1 Å². The molecule has 0 bridgehead atoms. The molecule has 0 fully saturated rings. The third kappa shape index (κ3) is 3.25. The first-order chi connectivity index (χ1) is 13.2. The van der Waals surface area contributed by atoms with Gasteiger partial charge in [-0.3, -0.25) is 4.79 Å². The first kappa shape index (κ1) is 17.1. The van der Waals surface area contributed by atoms with E-state index in [1.807, 2.05) is 25.1 Å². The Morgan fingerprint density at radius 1 is 1.30 bits per heavy atom. The molecule has 1 amide bonds. The molecule has 3 heterocycles. The minimum absolute atomic E-state index is 0.166. The van der Waals surface area contributed by atoms with Crippen molar-refractivity contribution in [1.82, 2.24) is 30.0 Å². The van der Waals surface area contributed by atoms with Crippen molar-refractivity contribution in [3.05, 3.63) is 53.5 Å². The molecular weight excluding hydrogens is 344 g/mol. The standard InChI is InChI=1S/C19H20N6O2/c1-12-17(19(27-2)22-11-21-12)13-5-3-6-14(9-13)18(26)20-10-16-24-23-15-7-4-8-25(15)16/h3,5-6,9,11H,4,7-8,10H2,1-2H3,(H,20,26). The third-order valence-corrected chi connectivity index (χ3v) is 4.70. The van der Waals surface area contributed by atoms with Gasteiger partial charge in [-0.25, -0.2) is 9.97 Å². The zero-order chi connectivity index (χ0) is 18.8. The number of ether oxygens (including phenoxy) is 1. The van der Waals surface area contributed by atoms with E-state index < -0.39 is 0 Å². The Labute approximate surface area is 156 Å². The zero-order valence-electron chi connectivity index (χ0n) is 15.3. The van der Waals surface area contributed by atoms with E-state index in [0.29, 0.717) is 18.0 Å². The molecule has 1 N–H and O–H groups in total. The predicted octanol–water partition coefficient (Wildman–Crippen LogP) is 1.93. The molecule has 1 aliphatic rings. The third-order valence-electron chi connectivity index (χ3n) is 4.70. The molecular formula is C19H20N6O2. The van der Waals surface area contributed by atoms with Crippen LogP contribution in [-0.2, 0) is 19.5 Å². The highest BCUT2D eigenvalue weighted by Crippen LogP contribution is 2.30. The summed E-state index contributed by atoms with van der Waals surface area (Å²) < 4.78 is 7.43. The summed E-state index contributed by atoms with van der Waals surface area (Å²) in [5, 5.41) is 11.3. The van der Waals surface area contributed by atoms with E-state index in [9.17, 15) is 4.79 Å². The van der Waals surface area contributed by atoms with Crippen molar-refractivity contribution in [2.45, 2.75) is 32.9 Å². The molecule has 0 aliphatic carbocycles. The summed E-state index contributed by atoms with van der Waals surface area (Å²) in [5.74, 6) is 2.11. The molecule has 0 radical (unpaired) electrons. The number of benzene rings is 1. The van der Waals surface area contributed by atoms with E-state index in [4.69, 9.17) is 4.74 Å². The minimum Gasteiger partial charge on any atom is -0.480 e. The number of hydrogen-bond donors (Lipinski definition) is 1. The van der Waals surface area contributed by atoms with Crippen LogP contribution in [0.1, 0.15) is 34.1 Å². The fourth-order valence-corrected chi connectivity index (χ4v) is 3.36. The van der Waals surface area contributed by atoms with Crippen LogP contribution in [0.2, 0.25) is 0 Å². The quantitative estimate of drug-likeness (QED) is 0.743. The van der Waals surface area contributed by atoms with Gasteiger partial charge in [0, 0.05) is 18.5 Å². The molecule has 0 saturated carbocycles. The zero-order valence-corrected chi connectivity index (χ0v) is 15.3. The molecule has 0 atom stereocenters. The van der Waals surface area contributed by atoms with E-state index >= 15 is 0 Å². The number of methoxy groups -OCH3 is 1. The number of nitrogens with one attached hydrogen (secondary N) is 1. The topological polar surface area (TPSA) is 94.8 Å². The minimum atomic E-state index is -0.166. The number of hydrogen-bond acceptors (Lipinski definition) is 6. The highest BCUT2D eigenvalue weighted by Gasteiger charge is 2.18. The van der Waals surface area contributed by atoms with Gasteiger partial charge in [-0.2, -0.15) is 0 Å². The summed E-state index contributed by atoms with van der Waals surface area (Å²) in [6.07, 6.45) is 3.49. The van der Waals surface area contributed by atoms with Crippen LogP contribution in [0.25, 0.3) is 11.1 Å². The maximum atomic E-state index is 12.6. The smallest absolute Gasteiger partial charge is 0.251 e. The molecule has 8 heteroatoms. The second kappa shape index (κ2) is 7.14. The van der Waals surface area contributed by atoms with Gasteiger partial charge in [0.1, 0.15) is 12.2 Å². The number of amides is 1. The number of nitrogens with zero attached hydrogens (tertiary/aromatic N) is 5. The fourth-order valence-electron chi connectivity index (χ4n) is 3.36. The molecule has 1 aliphatic heterocycles. The molecule has 8 nitrogen and oxygen atoms in total. The number of aromatic nitrogens is 5. The van der Waals surface area contributed by atoms with E-state index in [1.165, 1.54) is 6.33 Å². The largest absolute Gasteiger partial charge is 0.480 e. The summed E-state index contributed by atoms with van der Waals surface area (Å²) in [7, 11) is 1.57. The molecule has 4 rings (SSSR count). The maximum absolute atomic E-state index is 12.6. The number of carbonyl (C=O) groups excluding carboxylic acids is 1. The Morgan fingerprint density at radius 3 is 3.04 bits per heavy atom. The average molecular weight is 364 g/mol. The van der Waals surface area contributed by atoms with Gasteiger partial charge in [0.2, 0.25) is 5.88 Å². The Kier molecular flexibility index (Phi) is 4.53. The van der Waals surface area contributed by atoms with Crippen molar-refractivity contribution in [3.8, 4) is 17.0 Å². The molecule has 0 saturated heterocycles. The highest BCUT2D eigenvalue weighted by atomic mass is 16.5. The fraction of sp³-hybridized carbons (Fsp3) is 0.316. The van der Waals surface area contributed by atoms with E-state index in [2.05, 4.69) is 30.0 Å². The van der Waals surface area contributed by atoms with Crippen LogP contribution in [0, 0.1) is 6.92 Å². The first-order valence-corrected chi connectivity index (χ1v) is 8.82. The van der Waals surface area contributed by atoms with Crippen LogP contribution in [0.5, 0.6) is 5.88 Å². The first-order valence-electron chi connectivity index (χ1n) is 8.82. The summed E-state index contributed by atoms with van der Waals surface area (Å²) in [4.78, 5) is 21.0. The second-order valence-electron chi connectivity index (χ2n) is 6.39. The average Bonchev–Trinajstić information content (AvgIpc) is 3.30. The second-order valence-corrected chi connectivity index (χ2v) is 6.39. The molecule has 138 valence electrons. The van der Waals surface area contributed by atoms with E-state index in [1.54, 1.807) is 13.2 Å². The van der Waals surface area contributed by atoms with Gasteiger partial charge in [0.05, 0.1) is 24.9 Å². The van der Waals surface area contributed by atoms with Gasteiger partial charge in [-0.1, -0.05) is 12.1 Å². The highest BCUT2D eigenvalue weighted by molar-refractivity contribution is 5.95. The van der Waals surface area contributed by atoms with Gasteiger partial charge in [-0.15, -0.1) is 10.2 Å². The van der Waals surface area contributed by atoms with Crippen molar-refractivity contribution >= 4 is 5.91 Å².